The first-order valence-electron chi connectivity index (χ1n) is 2.77. The first-order valence-corrected chi connectivity index (χ1v) is 6.34. The van der Waals surface area contributed by atoms with E-state index in [0.717, 1.165) is 0 Å². The van der Waals surface area contributed by atoms with Crippen LogP contribution in [0.2, 0.25) is 19.6 Å². The fourth-order valence-corrected chi connectivity index (χ4v) is 0.816. The van der Waals surface area contributed by atoms with Crippen LogP contribution in [0.5, 0.6) is 0 Å². The molecule has 2 heteroatoms. The predicted molar refractivity (Wildman–Crippen MR) is 39.5 cm³/mol. The fraction of sp³-hybridized carbons (Fsp3) is 0.667. The average molecular weight is 130 g/mol. The zero-order valence-corrected chi connectivity index (χ0v) is 7.06. The summed E-state index contributed by atoms with van der Waals surface area (Å²) < 4.78 is 4.77. The van der Waals surface area contributed by atoms with Crippen molar-refractivity contribution in [3.8, 4) is 0 Å². The van der Waals surface area contributed by atoms with Crippen LogP contribution < -0.4 is 0 Å². The van der Waals surface area contributed by atoms with E-state index in [-0.39, 0.29) is 0 Å². The normalized spacial score (nSPS) is 12.5. The lowest BCUT2D eigenvalue weighted by molar-refractivity contribution is 0.338. The van der Waals surface area contributed by atoms with Crippen LogP contribution in [-0.2, 0) is 4.74 Å². The molecule has 0 bridgehead atoms. The second-order valence-electron chi connectivity index (χ2n) is 2.90. The van der Waals surface area contributed by atoms with Gasteiger partial charge in [0, 0.05) is 0 Å². The molecule has 0 amide bonds. The van der Waals surface area contributed by atoms with Gasteiger partial charge in [-0.05, 0) is 0 Å². The highest BCUT2D eigenvalue weighted by molar-refractivity contribution is 6.80. The predicted octanol–water partition coefficient (Wildman–Crippen LogP) is 2.02. The highest BCUT2D eigenvalue weighted by Gasteiger charge is 2.05. The van der Waals surface area contributed by atoms with E-state index in [1.165, 1.54) is 0 Å². The van der Waals surface area contributed by atoms with E-state index in [0.29, 0.717) is 0 Å². The Morgan fingerprint density at radius 1 is 1.25 bits per heavy atom. The standard InChI is InChI=1S/C6H14OSi/c1-7-5-6-8(2,3)4/h5-6H,1-4H3. The van der Waals surface area contributed by atoms with Crippen molar-refractivity contribution in [1.29, 1.82) is 0 Å². The molecule has 0 aliphatic rings. The van der Waals surface area contributed by atoms with Crippen LogP contribution in [0.1, 0.15) is 0 Å². The summed E-state index contributed by atoms with van der Waals surface area (Å²) in [6, 6.07) is 0. The summed E-state index contributed by atoms with van der Waals surface area (Å²) in [6.07, 6.45) is 1.77. The maximum Gasteiger partial charge on any atom is 0.0766 e. The average Bonchev–Trinajstić information content (AvgIpc) is 1.59. The summed E-state index contributed by atoms with van der Waals surface area (Å²) in [4.78, 5) is 0. The monoisotopic (exact) mass is 130 g/mol. The summed E-state index contributed by atoms with van der Waals surface area (Å²) >= 11 is 0. The Morgan fingerprint density at radius 2 is 1.75 bits per heavy atom. The van der Waals surface area contributed by atoms with Crippen molar-refractivity contribution < 1.29 is 4.74 Å². The molecule has 0 rings (SSSR count). The molecule has 0 saturated heterocycles. The van der Waals surface area contributed by atoms with Gasteiger partial charge in [0.2, 0.25) is 0 Å². The van der Waals surface area contributed by atoms with Gasteiger partial charge in [-0.2, -0.15) is 0 Å². The van der Waals surface area contributed by atoms with Gasteiger partial charge in [0.15, 0.2) is 0 Å². The van der Waals surface area contributed by atoms with Crippen LogP contribution >= 0.6 is 0 Å². The molecule has 0 aromatic carbocycles. The second kappa shape index (κ2) is 2.92. The molecule has 0 radical (unpaired) electrons. The van der Waals surface area contributed by atoms with Crippen LogP contribution in [0, 0.1) is 0 Å². The summed E-state index contributed by atoms with van der Waals surface area (Å²) in [5.74, 6) is 0. The van der Waals surface area contributed by atoms with Crippen molar-refractivity contribution in [2.24, 2.45) is 0 Å². The first kappa shape index (κ1) is 7.76. The lowest BCUT2D eigenvalue weighted by atomic mass is 11.1. The van der Waals surface area contributed by atoms with Gasteiger partial charge < -0.3 is 4.74 Å². The largest absolute Gasteiger partial charge is 0.505 e. The van der Waals surface area contributed by atoms with E-state index in [1.54, 1.807) is 13.4 Å². The van der Waals surface area contributed by atoms with E-state index >= 15 is 0 Å². The maximum atomic E-state index is 4.77. The SMILES string of the molecule is COC=C[Si](C)(C)C. The molecule has 0 fully saturated rings. The minimum atomic E-state index is -0.984. The van der Waals surface area contributed by atoms with Crippen LogP contribution in [-0.4, -0.2) is 15.2 Å². The summed E-state index contributed by atoms with van der Waals surface area (Å²) in [5, 5.41) is 0. The van der Waals surface area contributed by atoms with Gasteiger partial charge in [0.25, 0.3) is 0 Å². The lowest BCUT2D eigenvalue weighted by Gasteiger charge is -2.06. The van der Waals surface area contributed by atoms with Crippen LogP contribution in [0.4, 0.5) is 0 Å². The van der Waals surface area contributed by atoms with Gasteiger partial charge in [-0.1, -0.05) is 25.3 Å². The number of methoxy groups -OCH3 is 1. The molecule has 1 nitrogen and oxygen atoms in total. The fourth-order valence-electron chi connectivity index (χ4n) is 0.272. The van der Waals surface area contributed by atoms with E-state index in [2.05, 4.69) is 25.3 Å². The smallest absolute Gasteiger partial charge is 0.0766 e. The molecule has 0 atom stereocenters. The zero-order valence-electron chi connectivity index (χ0n) is 6.06. The Kier molecular flexibility index (Phi) is 2.83. The van der Waals surface area contributed by atoms with Gasteiger partial charge in [0.1, 0.15) is 0 Å². The second-order valence-corrected chi connectivity index (χ2v) is 7.97. The summed E-state index contributed by atoms with van der Waals surface area (Å²) in [6.45, 7) is 6.80. The third-order valence-corrected chi connectivity index (χ3v) is 1.84. The van der Waals surface area contributed by atoms with Crippen molar-refractivity contribution in [2.45, 2.75) is 19.6 Å². The molecule has 0 aliphatic heterocycles. The molecule has 0 aromatic heterocycles. The zero-order chi connectivity index (χ0) is 6.62. The minimum absolute atomic E-state index is 0.984. The van der Waals surface area contributed by atoms with Crippen molar-refractivity contribution >= 4 is 8.07 Å². The molecule has 0 N–H and O–H groups in total. The highest BCUT2D eigenvalue weighted by Crippen LogP contribution is 2.00. The van der Waals surface area contributed by atoms with Crippen LogP contribution in [0.3, 0.4) is 0 Å². The number of ether oxygens (including phenoxy) is 1. The van der Waals surface area contributed by atoms with Crippen LogP contribution in [0.25, 0.3) is 0 Å². The van der Waals surface area contributed by atoms with Gasteiger partial charge in [-0.25, -0.2) is 0 Å². The molecular weight excluding hydrogens is 116 g/mol. The van der Waals surface area contributed by atoms with Crippen molar-refractivity contribution in [3.05, 3.63) is 12.0 Å². The summed E-state index contributed by atoms with van der Waals surface area (Å²) in [5.41, 5.74) is 2.16. The molecule has 0 aromatic rings. The van der Waals surface area contributed by atoms with Gasteiger partial charge in [-0.3, -0.25) is 0 Å². The van der Waals surface area contributed by atoms with Gasteiger partial charge in [-0.15, -0.1) is 0 Å². The van der Waals surface area contributed by atoms with Crippen LogP contribution in [0.15, 0.2) is 12.0 Å². The molecular formula is C6H14OSi. The lowest BCUT2D eigenvalue weighted by Crippen LogP contribution is -2.15. The van der Waals surface area contributed by atoms with E-state index in [1.807, 2.05) is 0 Å². The Morgan fingerprint density at radius 3 is 1.88 bits per heavy atom. The third kappa shape index (κ3) is 5.76. The molecule has 0 heterocycles. The molecule has 48 valence electrons. The molecule has 0 aliphatic carbocycles. The van der Waals surface area contributed by atoms with E-state index in [4.69, 9.17) is 4.74 Å². The number of hydrogen-bond donors (Lipinski definition) is 0. The number of rotatable bonds is 2. The minimum Gasteiger partial charge on any atom is -0.505 e. The summed E-state index contributed by atoms with van der Waals surface area (Å²) in [7, 11) is 0.693. The van der Waals surface area contributed by atoms with E-state index < -0.39 is 8.07 Å². The molecule has 0 spiro atoms. The topological polar surface area (TPSA) is 9.23 Å². The highest BCUT2D eigenvalue weighted by atomic mass is 28.3. The first-order chi connectivity index (χ1) is 3.56. The van der Waals surface area contributed by atoms with Gasteiger partial charge in [0.05, 0.1) is 21.4 Å². The maximum absolute atomic E-state index is 4.77. The van der Waals surface area contributed by atoms with Crippen molar-refractivity contribution in [2.75, 3.05) is 7.11 Å². The Hall–Kier alpha value is -0.243. The third-order valence-electron chi connectivity index (χ3n) is 0.704. The quantitative estimate of drug-likeness (QED) is 0.410. The Labute approximate surface area is 52.4 Å². The molecule has 0 unspecified atom stereocenters. The number of hydrogen-bond acceptors (Lipinski definition) is 1. The Balaban J connectivity index is 3.52. The van der Waals surface area contributed by atoms with Crippen molar-refractivity contribution in [3.63, 3.8) is 0 Å². The molecule has 8 heavy (non-hydrogen) atoms. The Bertz CT molecular complexity index is 81.0. The van der Waals surface area contributed by atoms with Gasteiger partial charge >= 0.3 is 0 Å². The molecule has 0 saturated carbocycles. The van der Waals surface area contributed by atoms with E-state index in [9.17, 15) is 0 Å². The van der Waals surface area contributed by atoms with Crippen molar-refractivity contribution in [1.82, 2.24) is 0 Å².